The molecule has 1 N–H and O–H groups in total. The molecule has 2 saturated heterocycles. The Morgan fingerprint density at radius 3 is 2.79 bits per heavy atom. The first kappa shape index (κ1) is 23.9. The number of alkyl carbamates (subject to hydrolysis) is 1. The van der Waals surface area contributed by atoms with E-state index < -0.39 is 17.1 Å². The molecular weight excluding hydrogens is 537 g/mol. The molecular formula is C22H30IN7O3. The van der Waals surface area contributed by atoms with Crippen LogP contribution in [-0.4, -0.2) is 57.7 Å². The van der Waals surface area contributed by atoms with Crippen LogP contribution in [0.5, 0.6) is 0 Å². The lowest BCUT2D eigenvalue weighted by atomic mass is 9.79. The third-order valence-corrected chi connectivity index (χ3v) is 6.76. The summed E-state index contributed by atoms with van der Waals surface area (Å²) in [6, 6.07) is 2.43. The van der Waals surface area contributed by atoms with Gasteiger partial charge in [-0.3, -0.25) is 0 Å². The predicted molar refractivity (Wildman–Crippen MR) is 131 cm³/mol. The Hall–Kier alpha value is -2.20. The molecule has 4 heterocycles. The number of nitrogens with one attached hydrogen (secondary N) is 1. The van der Waals surface area contributed by atoms with Gasteiger partial charge >= 0.3 is 6.09 Å². The Morgan fingerprint density at radius 2 is 2.15 bits per heavy atom. The molecule has 2 aliphatic rings. The van der Waals surface area contributed by atoms with E-state index >= 15 is 0 Å². The molecule has 178 valence electrons. The van der Waals surface area contributed by atoms with Crippen molar-refractivity contribution in [3.05, 3.63) is 9.90 Å². The van der Waals surface area contributed by atoms with Gasteiger partial charge in [0.1, 0.15) is 16.9 Å². The fourth-order valence-corrected chi connectivity index (χ4v) is 4.80. The molecule has 2 aromatic rings. The van der Waals surface area contributed by atoms with Crippen molar-refractivity contribution < 1.29 is 14.3 Å². The van der Waals surface area contributed by atoms with Crippen molar-refractivity contribution >= 4 is 45.7 Å². The van der Waals surface area contributed by atoms with Crippen LogP contribution < -0.4 is 10.2 Å². The largest absolute Gasteiger partial charge is 0.444 e. The second kappa shape index (κ2) is 9.58. The molecule has 2 aliphatic heterocycles. The summed E-state index contributed by atoms with van der Waals surface area (Å²) >= 11 is 2.19. The lowest BCUT2D eigenvalue weighted by molar-refractivity contribution is -0.0372. The molecule has 1 unspecified atom stereocenters. The number of nitriles is 1. The van der Waals surface area contributed by atoms with Crippen LogP contribution in [0, 0.1) is 20.4 Å². The highest BCUT2D eigenvalue weighted by atomic mass is 127. The van der Waals surface area contributed by atoms with Crippen molar-refractivity contribution in [3.8, 4) is 6.07 Å². The van der Waals surface area contributed by atoms with Crippen molar-refractivity contribution in [1.82, 2.24) is 25.1 Å². The summed E-state index contributed by atoms with van der Waals surface area (Å²) < 4.78 is 13.9. The first-order valence-corrected chi connectivity index (χ1v) is 12.4. The van der Waals surface area contributed by atoms with Crippen molar-refractivity contribution in [2.45, 2.75) is 64.7 Å². The number of halogens is 1. The summed E-state index contributed by atoms with van der Waals surface area (Å²) in [6.07, 6.45) is 5.48. The van der Waals surface area contributed by atoms with E-state index in [2.05, 4.69) is 49.0 Å². The zero-order valence-corrected chi connectivity index (χ0v) is 21.5. The van der Waals surface area contributed by atoms with E-state index in [1.54, 1.807) is 6.20 Å². The van der Waals surface area contributed by atoms with E-state index in [9.17, 15) is 10.1 Å². The van der Waals surface area contributed by atoms with Gasteiger partial charge in [0.05, 0.1) is 17.7 Å². The first-order valence-electron chi connectivity index (χ1n) is 11.4. The van der Waals surface area contributed by atoms with Gasteiger partial charge in [-0.1, -0.05) is 0 Å². The van der Waals surface area contributed by atoms with Gasteiger partial charge in [-0.2, -0.15) is 10.4 Å². The highest BCUT2D eigenvalue weighted by molar-refractivity contribution is 14.1. The summed E-state index contributed by atoms with van der Waals surface area (Å²) in [4.78, 5) is 23.7. The summed E-state index contributed by atoms with van der Waals surface area (Å²) in [6.45, 7) is 7.74. The van der Waals surface area contributed by atoms with Crippen LogP contribution in [0.2, 0.25) is 0 Å². The monoisotopic (exact) mass is 567 g/mol. The highest BCUT2D eigenvalue weighted by Gasteiger charge is 2.36. The topological polar surface area (TPSA) is 118 Å². The second-order valence-corrected chi connectivity index (χ2v) is 10.7. The lowest BCUT2D eigenvalue weighted by Gasteiger charge is -2.37. The molecule has 0 spiro atoms. The number of anilines is 1. The maximum Gasteiger partial charge on any atom is 0.407 e. The number of piperidine rings is 1. The van der Waals surface area contributed by atoms with Crippen LogP contribution in [0.1, 0.15) is 59.1 Å². The van der Waals surface area contributed by atoms with Crippen molar-refractivity contribution in [1.29, 1.82) is 5.26 Å². The number of amides is 1. The molecule has 33 heavy (non-hydrogen) atoms. The summed E-state index contributed by atoms with van der Waals surface area (Å²) in [5.41, 5.74) is 0.307. The van der Waals surface area contributed by atoms with Gasteiger partial charge in [-0.15, -0.1) is 0 Å². The van der Waals surface area contributed by atoms with Gasteiger partial charge < -0.3 is 19.7 Å². The number of nitrogens with zero attached hydrogens (tertiary/aromatic N) is 6. The maximum absolute atomic E-state index is 12.0. The lowest BCUT2D eigenvalue weighted by Crippen LogP contribution is -2.46. The number of ether oxygens (including phenoxy) is 2. The Bertz CT molecular complexity index is 1040. The number of hydrogen-bond donors (Lipinski definition) is 1. The molecule has 11 heteroatoms. The normalized spacial score (nSPS) is 20.9. The zero-order chi connectivity index (χ0) is 23.6. The standard InChI is InChI=1S/C22H30IN7O3/c1-21(2,3)33-20(31)26-14-22(13-24)7-9-29(10-8-22)15-12-25-17-18(23)28-30(19(17)27-15)16-6-4-5-11-32-16/h12,16H,4-11,14H2,1-3H3,(H,26,31). The summed E-state index contributed by atoms with van der Waals surface area (Å²) in [7, 11) is 0. The maximum atomic E-state index is 12.0. The molecule has 2 aromatic heterocycles. The zero-order valence-electron chi connectivity index (χ0n) is 19.3. The van der Waals surface area contributed by atoms with Crippen molar-refractivity contribution in [2.24, 2.45) is 5.41 Å². The smallest absolute Gasteiger partial charge is 0.407 e. The molecule has 4 rings (SSSR count). The number of fused-ring (bicyclic) bond motifs is 1. The van der Waals surface area contributed by atoms with Gasteiger partial charge in [0.2, 0.25) is 0 Å². The minimum absolute atomic E-state index is 0.110. The van der Waals surface area contributed by atoms with E-state index in [0.717, 1.165) is 46.6 Å². The molecule has 0 aliphatic carbocycles. The predicted octanol–water partition coefficient (Wildman–Crippen LogP) is 3.76. The van der Waals surface area contributed by atoms with E-state index in [1.165, 1.54) is 0 Å². The van der Waals surface area contributed by atoms with Gasteiger partial charge in [0.15, 0.2) is 15.6 Å². The molecule has 0 aromatic carbocycles. The number of hydrogen-bond acceptors (Lipinski definition) is 8. The van der Waals surface area contributed by atoms with E-state index in [4.69, 9.17) is 14.5 Å². The number of rotatable bonds is 4. The van der Waals surface area contributed by atoms with Crippen molar-refractivity contribution in [2.75, 3.05) is 31.1 Å². The van der Waals surface area contributed by atoms with E-state index in [1.807, 2.05) is 25.5 Å². The van der Waals surface area contributed by atoms with Gasteiger partial charge in [0.25, 0.3) is 0 Å². The summed E-state index contributed by atoms with van der Waals surface area (Å²) in [5.74, 6) is 0.766. The van der Waals surface area contributed by atoms with Crippen LogP contribution in [0.4, 0.5) is 10.6 Å². The van der Waals surface area contributed by atoms with Gasteiger partial charge in [-0.25, -0.2) is 19.4 Å². The SMILES string of the molecule is CC(C)(C)OC(=O)NCC1(C#N)CCN(c2cnc3c(I)nn(C4CCCCO4)c3n2)CC1. The average molecular weight is 567 g/mol. The Morgan fingerprint density at radius 1 is 1.39 bits per heavy atom. The molecule has 2 fully saturated rings. The van der Waals surface area contributed by atoms with Crippen LogP contribution in [0.3, 0.4) is 0 Å². The Kier molecular flexibility index (Phi) is 6.95. The number of aromatic nitrogens is 4. The van der Waals surface area contributed by atoms with Gasteiger partial charge in [0, 0.05) is 26.2 Å². The molecule has 10 nitrogen and oxygen atoms in total. The molecule has 1 atom stereocenters. The first-order chi connectivity index (χ1) is 15.7. The third kappa shape index (κ3) is 5.48. The van der Waals surface area contributed by atoms with E-state index in [0.29, 0.717) is 25.9 Å². The minimum Gasteiger partial charge on any atom is -0.444 e. The van der Waals surface area contributed by atoms with Crippen LogP contribution in [-0.2, 0) is 9.47 Å². The molecule has 0 saturated carbocycles. The Labute approximate surface area is 207 Å². The van der Waals surface area contributed by atoms with E-state index in [-0.39, 0.29) is 12.8 Å². The highest BCUT2D eigenvalue weighted by Crippen LogP contribution is 2.33. The number of carbonyl (C=O) groups excluding carboxylic acids is 1. The molecule has 0 radical (unpaired) electrons. The fraction of sp³-hybridized carbons (Fsp3) is 0.682. The quantitative estimate of drug-likeness (QED) is 0.555. The second-order valence-electron chi connectivity index (χ2n) is 9.69. The fourth-order valence-electron chi connectivity index (χ4n) is 4.18. The van der Waals surface area contributed by atoms with Crippen LogP contribution in [0.15, 0.2) is 6.20 Å². The third-order valence-electron chi connectivity index (χ3n) is 6.03. The van der Waals surface area contributed by atoms with Crippen molar-refractivity contribution in [3.63, 3.8) is 0 Å². The molecule has 0 bridgehead atoms. The Balaban J connectivity index is 1.45. The number of carbonyl (C=O) groups is 1. The average Bonchev–Trinajstić information content (AvgIpc) is 3.13. The van der Waals surface area contributed by atoms with Crippen LogP contribution in [0.25, 0.3) is 11.2 Å². The van der Waals surface area contributed by atoms with Gasteiger partial charge in [-0.05, 0) is 75.5 Å². The minimum atomic E-state index is -0.627. The summed E-state index contributed by atoms with van der Waals surface area (Å²) in [5, 5.41) is 17.3. The molecule has 1 amide bonds. The van der Waals surface area contributed by atoms with Crippen LogP contribution >= 0.6 is 22.6 Å².